The lowest BCUT2D eigenvalue weighted by molar-refractivity contribution is 0.881. The highest BCUT2D eigenvalue weighted by Gasteiger charge is 1.87. The Morgan fingerprint density at radius 1 is 1.71 bits per heavy atom. The molecule has 0 saturated heterocycles. The predicted octanol–water partition coefficient (Wildman–Crippen LogP) is -0.103. The average Bonchev–Trinajstić information content (AvgIpc) is 2.14. The van der Waals surface area contributed by atoms with E-state index in [1.165, 1.54) is 0 Å². The molecule has 0 bridgehead atoms. The van der Waals surface area contributed by atoms with Crippen molar-refractivity contribution in [3.63, 3.8) is 0 Å². The molecule has 1 aromatic heterocycles. The van der Waals surface area contributed by atoms with Gasteiger partial charge in [0.15, 0.2) is 5.82 Å². The number of nitrogens with zero attached hydrogens (tertiary/aromatic N) is 3. The first-order valence-electron chi connectivity index (χ1n) is 1.74. The van der Waals surface area contributed by atoms with E-state index in [0.717, 1.165) is 0 Å². The van der Waals surface area contributed by atoms with Crippen LogP contribution >= 0.6 is 12.6 Å². The highest BCUT2D eigenvalue weighted by atomic mass is 32.1. The fraction of sp³-hybridized carbons (Fsp3) is 0.500. The van der Waals surface area contributed by atoms with Gasteiger partial charge in [-0.25, -0.2) is 5.10 Å². The van der Waals surface area contributed by atoms with E-state index >= 15 is 0 Å². The SMILES string of the molecule is [S]Cc1nnn[nH]1. The van der Waals surface area contributed by atoms with Crippen molar-refractivity contribution in [2.75, 3.05) is 0 Å². The minimum absolute atomic E-state index is 0.451. The summed E-state index contributed by atoms with van der Waals surface area (Å²) in [5, 5.41) is 12.6. The van der Waals surface area contributed by atoms with Crippen LogP contribution in [0.1, 0.15) is 5.82 Å². The van der Waals surface area contributed by atoms with Gasteiger partial charge in [-0.15, -0.1) is 5.10 Å². The lowest BCUT2D eigenvalue weighted by Gasteiger charge is -1.73. The number of aromatic nitrogens is 4. The number of hydrogen-bond donors (Lipinski definition) is 1. The zero-order valence-corrected chi connectivity index (χ0v) is 4.27. The summed E-state index contributed by atoms with van der Waals surface area (Å²) >= 11 is 4.60. The van der Waals surface area contributed by atoms with Crippen molar-refractivity contribution in [3.8, 4) is 0 Å². The van der Waals surface area contributed by atoms with Gasteiger partial charge in [0.1, 0.15) is 0 Å². The molecule has 37 valence electrons. The van der Waals surface area contributed by atoms with E-state index in [2.05, 4.69) is 33.3 Å². The Morgan fingerprint density at radius 3 is 2.86 bits per heavy atom. The van der Waals surface area contributed by atoms with Gasteiger partial charge < -0.3 is 0 Å². The molecule has 0 aliphatic rings. The second-order valence-corrected chi connectivity index (χ2v) is 1.28. The number of tetrazole rings is 1. The smallest absolute Gasteiger partial charge is 0.159 e. The summed E-state index contributed by atoms with van der Waals surface area (Å²) < 4.78 is 0. The number of H-pyrrole nitrogens is 1. The zero-order chi connectivity index (χ0) is 5.11. The van der Waals surface area contributed by atoms with Gasteiger partial charge in [-0.2, -0.15) is 0 Å². The quantitative estimate of drug-likeness (QED) is 0.556. The normalized spacial score (nSPS) is 9.29. The van der Waals surface area contributed by atoms with Gasteiger partial charge >= 0.3 is 0 Å². The van der Waals surface area contributed by atoms with Crippen molar-refractivity contribution in [1.29, 1.82) is 0 Å². The third-order valence-electron chi connectivity index (χ3n) is 0.526. The Balaban J connectivity index is 2.76. The van der Waals surface area contributed by atoms with Gasteiger partial charge in [0.2, 0.25) is 0 Å². The first-order valence-corrected chi connectivity index (χ1v) is 2.32. The molecule has 1 radical (unpaired) electrons. The third kappa shape index (κ3) is 0.894. The van der Waals surface area contributed by atoms with E-state index in [1.807, 2.05) is 0 Å². The molecule has 0 saturated carbocycles. The summed E-state index contributed by atoms with van der Waals surface area (Å²) in [6, 6.07) is 0. The van der Waals surface area contributed by atoms with Crippen LogP contribution in [0.25, 0.3) is 0 Å². The molecule has 0 fully saturated rings. The van der Waals surface area contributed by atoms with Crippen LogP contribution in [0, 0.1) is 0 Å². The standard InChI is InChI=1S/C2H3N4S/c7-1-2-3-5-6-4-2/h1H2,(H,3,4,5,6). The lowest BCUT2D eigenvalue weighted by Crippen LogP contribution is -1.78. The number of hydrogen-bond acceptors (Lipinski definition) is 3. The summed E-state index contributed by atoms with van der Waals surface area (Å²) in [6.07, 6.45) is 0. The van der Waals surface area contributed by atoms with E-state index in [4.69, 9.17) is 0 Å². The van der Waals surface area contributed by atoms with Crippen LogP contribution in [0.5, 0.6) is 0 Å². The van der Waals surface area contributed by atoms with Crippen LogP contribution in [-0.4, -0.2) is 20.6 Å². The average molecular weight is 115 g/mol. The van der Waals surface area contributed by atoms with Crippen molar-refractivity contribution in [1.82, 2.24) is 20.6 Å². The third-order valence-corrected chi connectivity index (χ3v) is 0.799. The van der Waals surface area contributed by atoms with Gasteiger partial charge in [-0.05, 0) is 10.4 Å². The lowest BCUT2D eigenvalue weighted by atomic mass is 10.8. The van der Waals surface area contributed by atoms with Crippen molar-refractivity contribution in [2.24, 2.45) is 0 Å². The highest BCUT2D eigenvalue weighted by molar-refractivity contribution is 7.79. The van der Waals surface area contributed by atoms with E-state index in [0.29, 0.717) is 11.6 Å². The molecular weight excluding hydrogens is 112 g/mol. The molecule has 0 aromatic carbocycles. The fourth-order valence-electron chi connectivity index (χ4n) is 0.240. The summed E-state index contributed by atoms with van der Waals surface area (Å²) in [5.41, 5.74) is 0. The first kappa shape index (κ1) is 4.58. The highest BCUT2D eigenvalue weighted by Crippen LogP contribution is 1.86. The van der Waals surface area contributed by atoms with E-state index < -0.39 is 0 Å². The molecule has 0 atom stereocenters. The molecule has 0 unspecified atom stereocenters. The second-order valence-electron chi connectivity index (χ2n) is 0.992. The molecule has 0 aliphatic carbocycles. The Kier molecular flexibility index (Phi) is 1.26. The molecule has 0 spiro atoms. The molecule has 4 nitrogen and oxygen atoms in total. The van der Waals surface area contributed by atoms with E-state index in [1.54, 1.807) is 0 Å². The maximum Gasteiger partial charge on any atom is 0.159 e. The van der Waals surface area contributed by atoms with Crippen molar-refractivity contribution in [3.05, 3.63) is 5.82 Å². The van der Waals surface area contributed by atoms with E-state index in [-0.39, 0.29) is 0 Å². The largest absolute Gasteiger partial charge is 0.242 e. The molecule has 5 heteroatoms. The van der Waals surface area contributed by atoms with Crippen LogP contribution < -0.4 is 0 Å². The van der Waals surface area contributed by atoms with Crippen LogP contribution in [0.15, 0.2) is 0 Å². The van der Waals surface area contributed by atoms with Gasteiger partial charge in [0.25, 0.3) is 0 Å². The molecular formula is C2H3N4S. The van der Waals surface area contributed by atoms with Crippen LogP contribution in [0.4, 0.5) is 0 Å². The first-order chi connectivity index (χ1) is 3.43. The van der Waals surface area contributed by atoms with Crippen molar-refractivity contribution >= 4 is 12.6 Å². The summed E-state index contributed by atoms with van der Waals surface area (Å²) in [7, 11) is 0. The minimum Gasteiger partial charge on any atom is -0.242 e. The number of nitrogens with one attached hydrogen (secondary N) is 1. The Labute approximate surface area is 45.7 Å². The number of aromatic amines is 1. The molecule has 1 heterocycles. The zero-order valence-electron chi connectivity index (χ0n) is 3.46. The summed E-state index contributed by atoms with van der Waals surface area (Å²) in [6.45, 7) is 0. The van der Waals surface area contributed by atoms with Gasteiger partial charge in [-0.1, -0.05) is 12.6 Å². The van der Waals surface area contributed by atoms with Gasteiger partial charge in [0, 0.05) is 0 Å². The molecule has 0 aliphatic heterocycles. The Morgan fingerprint density at radius 2 is 2.57 bits per heavy atom. The molecule has 0 amide bonds. The maximum atomic E-state index is 4.60. The summed E-state index contributed by atoms with van der Waals surface area (Å²) in [4.78, 5) is 0. The monoisotopic (exact) mass is 115 g/mol. The Bertz CT molecular complexity index is 124. The van der Waals surface area contributed by atoms with Crippen LogP contribution in [0.2, 0.25) is 0 Å². The van der Waals surface area contributed by atoms with Crippen LogP contribution in [-0.2, 0) is 5.75 Å². The Hall–Kier alpha value is -0.580. The minimum atomic E-state index is 0.451. The molecule has 1 rings (SSSR count). The van der Waals surface area contributed by atoms with Crippen molar-refractivity contribution in [2.45, 2.75) is 5.75 Å². The predicted molar refractivity (Wildman–Crippen MR) is 25.5 cm³/mol. The number of rotatable bonds is 1. The molecule has 7 heavy (non-hydrogen) atoms. The van der Waals surface area contributed by atoms with E-state index in [9.17, 15) is 0 Å². The van der Waals surface area contributed by atoms with Crippen molar-refractivity contribution < 1.29 is 0 Å². The molecule has 1 N–H and O–H groups in total. The molecule has 1 aromatic rings. The second kappa shape index (κ2) is 1.92. The van der Waals surface area contributed by atoms with Gasteiger partial charge in [-0.3, -0.25) is 0 Å². The van der Waals surface area contributed by atoms with Gasteiger partial charge in [0.05, 0.1) is 5.75 Å². The summed E-state index contributed by atoms with van der Waals surface area (Å²) in [5.74, 6) is 1.10. The fourth-order valence-corrected chi connectivity index (χ4v) is 0.362. The van der Waals surface area contributed by atoms with Crippen LogP contribution in [0.3, 0.4) is 0 Å². The topological polar surface area (TPSA) is 54.5 Å². The maximum absolute atomic E-state index is 4.60.